The molecule has 0 aliphatic rings. The van der Waals surface area contributed by atoms with Crippen LogP contribution < -0.4 is 5.32 Å². The molecular formula is C12H17N3O2. The molecule has 17 heavy (non-hydrogen) atoms. The summed E-state index contributed by atoms with van der Waals surface area (Å²) in [5.74, 6) is 0. The van der Waals surface area contributed by atoms with E-state index in [1.54, 1.807) is 6.33 Å². The third kappa shape index (κ3) is 2.57. The molecule has 0 amide bonds. The summed E-state index contributed by atoms with van der Waals surface area (Å²) in [5, 5.41) is 21.2. The maximum Gasteiger partial charge on any atom is 0.0955 e. The molecular weight excluding hydrogens is 218 g/mol. The summed E-state index contributed by atoms with van der Waals surface area (Å²) < 4.78 is 1.95. The van der Waals surface area contributed by atoms with E-state index in [0.717, 1.165) is 16.7 Å². The van der Waals surface area contributed by atoms with Gasteiger partial charge in [0.05, 0.1) is 30.0 Å². The maximum absolute atomic E-state index is 9.14. The van der Waals surface area contributed by atoms with E-state index in [2.05, 4.69) is 10.3 Å². The fourth-order valence-corrected chi connectivity index (χ4v) is 1.83. The first-order valence-corrected chi connectivity index (χ1v) is 5.64. The Kier molecular flexibility index (Phi) is 3.61. The number of imidazole rings is 1. The van der Waals surface area contributed by atoms with Gasteiger partial charge in [-0.05, 0) is 24.6 Å². The Bertz CT molecular complexity index is 495. The molecule has 1 atom stereocenters. The number of hydrogen-bond acceptors (Lipinski definition) is 4. The minimum atomic E-state index is -0.124. The predicted molar refractivity (Wildman–Crippen MR) is 66.9 cm³/mol. The topological polar surface area (TPSA) is 70.3 Å². The summed E-state index contributed by atoms with van der Waals surface area (Å²) in [6.07, 6.45) is 2.29. The van der Waals surface area contributed by atoms with E-state index in [1.165, 1.54) is 0 Å². The van der Waals surface area contributed by atoms with Gasteiger partial charge in [-0.3, -0.25) is 0 Å². The number of fused-ring (bicyclic) bond motifs is 1. The number of aliphatic hydroxyl groups excluding tert-OH is 2. The third-order valence-electron chi connectivity index (χ3n) is 2.79. The lowest BCUT2D eigenvalue weighted by Crippen LogP contribution is -2.24. The Balaban J connectivity index is 2.18. The quantitative estimate of drug-likeness (QED) is 0.714. The van der Waals surface area contributed by atoms with Crippen LogP contribution >= 0.6 is 0 Å². The largest absolute Gasteiger partial charge is 0.396 e. The van der Waals surface area contributed by atoms with Crippen molar-refractivity contribution in [3.05, 3.63) is 24.5 Å². The van der Waals surface area contributed by atoms with Crippen LogP contribution in [-0.2, 0) is 7.05 Å². The third-order valence-corrected chi connectivity index (χ3v) is 2.79. The van der Waals surface area contributed by atoms with E-state index in [0.29, 0.717) is 6.42 Å². The van der Waals surface area contributed by atoms with Crippen molar-refractivity contribution in [2.75, 3.05) is 18.5 Å². The highest BCUT2D eigenvalue weighted by Gasteiger charge is 2.07. The van der Waals surface area contributed by atoms with E-state index in [-0.39, 0.29) is 19.3 Å². The smallest absolute Gasteiger partial charge is 0.0955 e. The first kappa shape index (κ1) is 11.9. The van der Waals surface area contributed by atoms with Gasteiger partial charge in [-0.15, -0.1) is 0 Å². The van der Waals surface area contributed by atoms with Gasteiger partial charge in [0.1, 0.15) is 0 Å². The Labute approximate surface area is 99.7 Å². The van der Waals surface area contributed by atoms with Crippen LogP contribution in [0, 0.1) is 0 Å². The highest BCUT2D eigenvalue weighted by Crippen LogP contribution is 2.18. The molecule has 0 saturated carbocycles. The van der Waals surface area contributed by atoms with Gasteiger partial charge in [-0.2, -0.15) is 0 Å². The van der Waals surface area contributed by atoms with Crippen LogP contribution in [0.1, 0.15) is 6.42 Å². The molecule has 2 aromatic rings. The van der Waals surface area contributed by atoms with Crippen LogP contribution in [0.25, 0.3) is 11.0 Å². The molecule has 0 radical (unpaired) electrons. The van der Waals surface area contributed by atoms with Crippen molar-refractivity contribution in [1.29, 1.82) is 0 Å². The molecule has 1 aromatic heterocycles. The van der Waals surface area contributed by atoms with Gasteiger partial charge in [-0.1, -0.05) is 0 Å². The molecule has 0 spiro atoms. The molecule has 0 bridgehead atoms. The van der Waals surface area contributed by atoms with Gasteiger partial charge in [-0.25, -0.2) is 4.98 Å². The fourth-order valence-electron chi connectivity index (χ4n) is 1.83. The molecule has 3 N–H and O–H groups in total. The molecule has 1 heterocycles. The average molecular weight is 235 g/mol. The van der Waals surface area contributed by atoms with Gasteiger partial charge in [0.15, 0.2) is 0 Å². The number of benzene rings is 1. The van der Waals surface area contributed by atoms with Crippen LogP contribution in [-0.4, -0.2) is 39.0 Å². The number of hydrogen-bond donors (Lipinski definition) is 3. The van der Waals surface area contributed by atoms with E-state index in [9.17, 15) is 0 Å². The monoisotopic (exact) mass is 235 g/mol. The Hall–Kier alpha value is -1.59. The Morgan fingerprint density at radius 2 is 2.24 bits per heavy atom. The van der Waals surface area contributed by atoms with E-state index in [1.807, 2.05) is 29.8 Å². The van der Waals surface area contributed by atoms with Gasteiger partial charge in [0.2, 0.25) is 0 Å². The molecule has 92 valence electrons. The number of rotatable bonds is 5. The van der Waals surface area contributed by atoms with Crippen molar-refractivity contribution >= 4 is 16.7 Å². The highest BCUT2D eigenvalue weighted by atomic mass is 16.3. The summed E-state index contributed by atoms with van der Waals surface area (Å²) in [7, 11) is 1.95. The number of aliphatic hydroxyl groups is 2. The van der Waals surface area contributed by atoms with Gasteiger partial charge >= 0.3 is 0 Å². The normalized spacial score (nSPS) is 12.9. The molecule has 5 heteroatoms. The second-order valence-electron chi connectivity index (χ2n) is 4.10. The SMILES string of the molecule is Cn1cnc2cc(NC(CO)CCO)ccc21. The minimum absolute atomic E-state index is 0.000809. The molecule has 1 aromatic carbocycles. The molecule has 0 saturated heterocycles. The minimum Gasteiger partial charge on any atom is -0.396 e. The van der Waals surface area contributed by atoms with Crippen molar-refractivity contribution in [2.24, 2.45) is 7.05 Å². The standard InChI is InChI=1S/C12H17N3O2/c1-15-8-13-11-6-9(2-3-12(11)15)14-10(7-17)4-5-16/h2-3,6,8,10,14,16-17H,4-5,7H2,1H3. The molecule has 0 aliphatic heterocycles. The lowest BCUT2D eigenvalue weighted by atomic mass is 10.2. The molecule has 1 unspecified atom stereocenters. The van der Waals surface area contributed by atoms with Crippen molar-refractivity contribution in [3.8, 4) is 0 Å². The Morgan fingerprint density at radius 1 is 1.41 bits per heavy atom. The summed E-state index contributed by atoms with van der Waals surface area (Å²) in [4.78, 5) is 4.27. The van der Waals surface area contributed by atoms with Crippen LogP contribution in [0.15, 0.2) is 24.5 Å². The number of nitrogens with one attached hydrogen (secondary N) is 1. The van der Waals surface area contributed by atoms with Crippen molar-refractivity contribution in [1.82, 2.24) is 9.55 Å². The zero-order chi connectivity index (χ0) is 12.3. The summed E-state index contributed by atoms with van der Waals surface area (Å²) in [6.45, 7) is 0.0604. The van der Waals surface area contributed by atoms with Gasteiger partial charge < -0.3 is 20.1 Å². The Morgan fingerprint density at radius 3 is 2.94 bits per heavy atom. The molecule has 5 nitrogen and oxygen atoms in total. The predicted octanol–water partition coefficient (Wildman–Crippen LogP) is 0.728. The van der Waals surface area contributed by atoms with E-state index in [4.69, 9.17) is 10.2 Å². The lowest BCUT2D eigenvalue weighted by Gasteiger charge is -2.16. The zero-order valence-electron chi connectivity index (χ0n) is 9.80. The van der Waals surface area contributed by atoms with Gasteiger partial charge in [0, 0.05) is 19.3 Å². The first-order valence-electron chi connectivity index (χ1n) is 5.64. The molecule has 0 fully saturated rings. The zero-order valence-corrected chi connectivity index (χ0v) is 9.80. The van der Waals surface area contributed by atoms with Gasteiger partial charge in [0.25, 0.3) is 0 Å². The van der Waals surface area contributed by atoms with Crippen molar-refractivity contribution in [2.45, 2.75) is 12.5 Å². The second-order valence-corrected chi connectivity index (χ2v) is 4.10. The maximum atomic E-state index is 9.14. The average Bonchev–Trinajstić information content (AvgIpc) is 2.70. The molecule has 2 rings (SSSR count). The summed E-state index contributed by atoms with van der Waals surface area (Å²) in [6, 6.07) is 5.75. The van der Waals surface area contributed by atoms with E-state index < -0.39 is 0 Å². The van der Waals surface area contributed by atoms with Crippen molar-refractivity contribution in [3.63, 3.8) is 0 Å². The summed E-state index contributed by atoms with van der Waals surface area (Å²) >= 11 is 0. The van der Waals surface area contributed by atoms with E-state index >= 15 is 0 Å². The second kappa shape index (κ2) is 5.16. The van der Waals surface area contributed by atoms with Crippen molar-refractivity contribution < 1.29 is 10.2 Å². The number of aromatic nitrogens is 2. The summed E-state index contributed by atoms with van der Waals surface area (Å²) in [5.41, 5.74) is 2.89. The number of anilines is 1. The van der Waals surface area contributed by atoms with Crippen LogP contribution in [0.3, 0.4) is 0 Å². The number of aryl methyl sites for hydroxylation is 1. The first-order chi connectivity index (χ1) is 8.24. The number of nitrogens with zero attached hydrogens (tertiary/aromatic N) is 2. The fraction of sp³-hybridized carbons (Fsp3) is 0.417. The van der Waals surface area contributed by atoms with Crippen LogP contribution in [0.5, 0.6) is 0 Å². The molecule has 0 aliphatic carbocycles. The highest BCUT2D eigenvalue weighted by molar-refractivity contribution is 5.79. The van der Waals surface area contributed by atoms with Crippen LogP contribution in [0.2, 0.25) is 0 Å². The van der Waals surface area contributed by atoms with Crippen LogP contribution in [0.4, 0.5) is 5.69 Å². The lowest BCUT2D eigenvalue weighted by molar-refractivity contribution is 0.229.